The molecule has 0 spiro atoms. The third-order valence-electron chi connectivity index (χ3n) is 1.59. The predicted molar refractivity (Wildman–Crippen MR) is 41.3 cm³/mol. The summed E-state index contributed by atoms with van der Waals surface area (Å²) in [4.78, 5) is 13.0. The number of hydrogen-bond donors (Lipinski definition) is 1. The van der Waals surface area contributed by atoms with Gasteiger partial charge < -0.3 is 4.42 Å². The summed E-state index contributed by atoms with van der Waals surface area (Å²) >= 11 is 0. The molecule has 0 saturated heterocycles. The first-order valence-corrected chi connectivity index (χ1v) is 3.31. The molecule has 2 rings (SSSR count). The van der Waals surface area contributed by atoms with Gasteiger partial charge in [0.25, 0.3) is 0 Å². The summed E-state index contributed by atoms with van der Waals surface area (Å²) in [5, 5.41) is 0. The minimum Gasteiger partial charge on any atom is -0.408 e. The molecule has 12 heavy (non-hydrogen) atoms. The van der Waals surface area contributed by atoms with Crippen molar-refractivity contribution in [1.82, 2.24) is 4.98 Å². The number of oxazole rings is 1. The van der Waals surface area contributed by atoms with Crippen LogP contribution in [0.4, 0.5) is 4.39 Å². The summed E-state index contributed by atoms with van der Waals surface area (Å²) in [7, 11) is 0. The van der Waals surface area contributed by atoms with Crippen molar-refractivity contribution >= 4 is 11.1 Å². The molecule has 1 radical (unpaired) electrons. The van der Waals surface area contributed by atoms with Crippen molar-refractivity contribution in [3.8, 4) is 0 Å². The van der Waals surface area contributed by atoms with E-state index >= 15 is 0 Å². The molecule has 0 aliphatic heterocycles. The fraction of sp³-hybridized carbons (Fsp3) is 0. The Balaban J connectivity index is 2.92. The second kappa shape index (κ2) is 2.20. The highest BCUT2D eigenvalue weighted by Gasteiger charge is 2.04. The van der Waals surface area contributed by atoms with Gasteiger partial charge >= 0.3 is 5.76 Å². The van der Waals surface area contributed by atoms with Crippen LogP contribution >= 0.6 is 0 Å². The SMILES string of the molecule is [CH2]c1cc2[nH]c(=O)oc2cc1F. The van der Waals surface area contributed by atoms with Crippen molar-refractivity contribution in [1.29, 1.82) is 0 Å². The highest BCUT2D eigenvalue weighted by Crippen LogP contribution is 2.14. The number of H-pyrrole nitrogens is 1. The van der Waals surface area contributed by atoms with Gasteiger partial charge in [-0.05, 0) is 18.6 Å². The van der Waals surface area contributed by atoms with Crippen molar-refractivity contribution in [2.75, 3.05) is 0 Å². The van der Waals surface area contributed by atoms with Gasteiger partial charge in [0.1, 0.15) is 5.82 Å². The summed E-state index contributed by atoms with van der Waals surface area (Å²) in [5.74, 6) is -1.07. The van der Waals surface area contributed by atoms with E-state index in [-0.39, 0.29) is 11.1 Å². The summed E-state index contributed by atoms with van der Waals surface area (Å²) < 4.78 is 17.4. The molecule has 61 valence electrons. The molecular weight excluding hydrogens is 161 g/mol. The molecule has 1 aromatic carbocycles. The molecule has 0 amide bonds. The van der Waals surface area contributed by atoms with Gasteiger partial charge in [0, 0.05) is 6.07 Å². The highest BCUT2D eigenvalue weighted by molar-refractivity contribution is 5.73. The van der Waals surface area contributed by atoms with E-state index in [2.05, 4.69) is 16.3 Å². The van der Waals surface area contributed by atoms with Crippen LogP contribution in [-0.2, 0) is 0 Å². The largest absolute Gasteiger partial charge is 0.417 e. The zero-order valence-corrected chi connectivity index (χ0v) is 6.06. The van der Waals surface area contributed by atoms with Crippen molar-refractivity contribution in [3.63, 3.8) is 0 Å². The van der Waals surface area contributed by atoms with E-state index in [0.717, 1.165) is 6.07 Å². The van der Waals surface area contributed by atoms with E-state index in [1.807, 2.05) is 0 Å². The topological polar surface area (TPSA) is 46.0 Å². The molecule has 0 unspecified atom stereocenters. The van der Waals surface area contributed by atoms with Gasteiger partial charge in [0.05, 0.1) is 5.52 Å². The molecular formula is C8H5FNO2. The fourth-order valence-electron chi connectivity index (χ4n) is 1.02. The number of fused-ring (bicyclic) bond motifs is 1. The molecule has 2 aromatic rings. The van der Waals surface area contributed by atoms with Crippen LogP contribution in [0.25, 0.3) is 11.1 Å². The Hall–Kier alpha value is -1.58. The van der Waals surface area contributed by atoms with Crippen LogP contribution in [-0.4, -0.2) is 4.98 Å². The highest BCUT2D eigenvalue weighted by atomic mass is 19.1. The standard InChI is InChI=1S/C8H5FNO2/c1-4-2-6-7(3-5(4)9)12-8(11)10-6/h2-3H,1H2,(H,10,11). The molecule has 0 fully saturated rings. The zero-order valence-electron chi connectivity index (χ0n) is 6.06. The second-order valence-corrected chi connectivity index (χ2v) is 2.45. The van der Waals surface area contributed by atoms with Crippen LogP contribution in [0.15, 0.2) is 21.3 Å². The first-order chi connectivity index (χ1) is 5.66. The Bertz CT molecular complexity index is 441. The molecule has 1 N–H and O–H groups in total. The Labute approximate surface area is 66.8 Å². The normalized spacial score (nSPS) is 10.8. The molecule has 1 aromatic heterocycles. The van der Waals surface area contributed by atoms with E-state index in [0.29, 0.717) is 5.52 Å². The third-order valence-corrected chi connectivity index (χ3v) is 1.59. The van der Waals surface area contributed by atoms with E-state index in [1.165, 1.54) is 6.07 Å². The van der Waals surface area contributed by atoms with E-state index in [1.54, 1.807) is 0 Å². The Morgan fingerprint density at radius 1 is 1.50 bits per heavy atom. The van der Waals surface area contributed by atoms with Gasteiger partial charge in [-0.1, -0.05) is 0 Å². The van der Waals surface area contributed by atoms with Crippen molar-refractivity contribution in [2.24, 2.45) is 0 Å². The van der Waals surface area contributed by atoms with Crippen LogP contribution in [0.2, 0.25) is 0 Å². The van der Waals surface area contributed by atoms with E-state index in [4.69, 9.17) is 0 Å². The zero-order chi connectivity index (χ0) is 8.72. The number of halogens is 1. The maximum Gasteiger partial charge on any atom is 0.417 e. The number of hydrogen-bond acceptors (Lipinski definition) is 2. The maximum absolute atomic E-state index is 12.8. The lowest BCUT2D eigenvalue weighted by Gasteiger charge is -1.92. The van der Waals surface area contributed by atoms with Crippen molar-refractivity contribution < 1.29 is 8.81 Å². The minimum atomic E-state index is -0.588. The molecule has 4 heteroatoms. The number of benzene rings is 1. The number of rotatable bonds is 0. The van der Waals surface area contributed by atoms with Gasteiger partial charge in [-0.3, -0.25) is 4.98 Å². The Kier molecular flexibility index (Phi) is 1.30. The number of aromatic nitrogens is 1. The van der Waals surface area contributed by atoms with Crippen LogP contribution in [0, 0.1) is 12.7 Å². The van der Waals surface area contributed by atoms with Gasteiger partial charge in [-0.2, -0.15) is 0 Å². The average Bonchev–Trinajstić information content (AvgIpc) is 2.30. The van der Waals surface area contributed by atoms with E-state index in [9.17, 15) is 9.18 Å². The lowest BCUT2D eigenvalue weighted by Crippen LogP contribution is -1.92. The molecule has 0 aliphatic rings. The van der Waals surface area contributed by atoms with Crippen molar-refractivity contribution in [2.45, 2.75) is 0 Å². The molecule has 0 bridgehead atoms. The van der Waals surface area contributed by atoms with Crippen LogP contribution in [0.1, 0.15) is 5.56 Å². The summed E-state index contributed by atoms with van der Waals surface area (Å²) in [5.41, 5.74) is 0.913. The monoisotopic (exact) mass is 166 g/mol. The minimum absolute atomic E-state index is 0.213. The molecule has 0 aliphatic carbocycles. The van der Waals surface area contributed by atoms with Gasteiger partial charge in [0.2, 0.25) is 0 Å². The molecule has 0 atom stereocenters. The lowest BCUT2D eigenvalue weighted by molar-refractivity contribution is 0.550. The number of aromatic amines is 1. The van der Waals surface area contributed by atoms with Crippen molar-refractivity contribution in [3.05, 3.63) is 41.0 Å². The smallest absolute Gasteiger partial charge is 0.408 e. The fourth-order valence-corrected chi connectivity index (χ4v) is 1.02. The molecule has 3 nitrogen and oxygen atoms in total. The average molecular weight is 166 g/mol. The first-order valence-electron chi connectivity index (χ1n) is 3.31. The van der Waals surface area contributed by atoms with Crippen LogP contribution in [0.5, 0.6) is 0 Å². The summed E-state index contributed by atoms with van der Waals surface area (Å²) in [6, 6.07) is 2.56. The Morgan fingerprint density at radius 3 is 3.00 bits per heavy atom. The van der Waals surface area contributed by atoms with Gasteiger partial charge in [0.15, 0.2) is 5.58 Å². The maximum atomic E-state index is 12.8. The van der Waals surface area contributed by atoms with Gasteiger partial charge in [-0.15, -0.1) is 0 Å². The molecule has 1 heterocycles. The van der Waals surface area contributed by atoms with Crippen LogP contribution in [0.3, 0.4) is 0 Å². The summed E-state index contributed by atoms with van der Waals surface area (Å²) in [6.45, 7) is 3.44. The quantitative estimate of drug-likeness (QED) is 0.643. The third kappa shape index (κ3) is 0.922. The van der Waals surface area contributed by atoms with E-state index < -0.39 is 11.6 Å². The molecule has 0 saturated carbocycles. The Morgan fingerprint density at radius 2 is 2.25 bits per heavy atom. The lowest BCUT2D eigenvalue weighted by atomic mass is 10.2. The van der Waals surface area contributed by atoms with Gasteiger partial charge in [-0.25, -0.2) is 9.18 Å². The summed E-state index contributed by atoms with van der Waals surface area (Å²) in [6.07, 6.45) is 0. The van der Waals surface area contributed by atoms with Crippen LogP contribution < -0.4 is 5.76 Å². The number of nitrogens with one attached hydrogen (secondary N) is 1. The second-order valence-electron chi connectivity index (χ2n) is 2.45. The first kappa shape index (κ1) is 7.09. The predicted octanol–water partition coefficient (Wildman–Crippen LogP) is 1.44.